The van der Waals surface area contributed by atoms with Crippen LogP contribution in [0.2, 0.25) is 0 Å². The third-order valence-electron chi connectivity index (χ3n) is 4.76. The van der Waals surface area contributed by atoms with Gasteiger partial charge in [0.15, 0.2) is 5.78 Å². The van der Waals surface area contributed by atoms with E-state index in [9.17, 15) is 9.59 Å². The first kappa shape index (κ1) is 23.3. The Labute approximate surface area is 164 Å². The fourth-order valence-corrected chi connectivity index (χ4v) is 3.02. The second kappa shape index (κ2) is 15.3. The summed E-state index contributed by atoms with van der Waals surface area (Å²) in [5, 5.41) is 8.57. The van der Waals surface area contributed by atoms with Crippen LogP contribution in [0.5, 0.6) is 0 Å². The minimum Gasteiger partial charge on any atom is -0.352 e. The van der Waals surface area contributed by atoms with Gasteiger partial charge in [-0.2, -0.15) is 0 Å². The zero-order valence-corrected chi connectivity index (χ0v) is 17.2. The minimum absolute atomic E-state index is 0.0173. The highest BCUT2D eigenvalue weighted by Crippen LogP contribution is 2.05. The molecule has 0 atom stereocenters. The summed E-state index contributed by atoms with van der Waals surface area (Å²) < 4.78 is 0. The molecule has 1 amide bonds. The van der Waals surface area contributed by atoms with E-state index >= 15 is 0 Å². The van der Waals surface area contributed by atoms with Gasteiger partial charge in [0.25, 0.3) is 5.91 Å². The summed E-state index contributed by atoms with van der Waals surface area (Å²) >= 11 is 0. The van der Waals surface area contributed by atoms with Crippen LogP contribution in [0.3, 0.4) is 0 Å². The second-order valence-electron chi connectivity index (χ2n) is 7.19. The third-order valence-corrected chi connectivity index (χ3v) is 4.76. The van der Waals surface area contributed by atoms with Crippen molar-refractivity contribution in [3.63, 3.8) is 0 Å². The number of Topliss-reactive ketones (excluding diaryl/α,β-unsaturated/α-hetero) is 1. The zero-order valence-electron chi connectivity index (χ0n) is 17.2. The Hall–Kier alpha value is -1.72. The number of hydrogen-bond acceptors (Lipinski definition) is 3. The molecular formula is C22H38N3O2+. The molecule has 0 radical (unpaired) electrons. The van der Waals surface area contributed by atoms with Gasteiger partial charge in [-0.05, 0) is 71.2 Å². The van der Waals surface area contributed by atoms with Crippen LogP contribution in [0.15, 0.2) is 24.3 Å². The lowest BCUT2D eigenvalue weighted by Gasteiger charge is -2.06. The summed E-state index contributed by atoms with van der Waals surface area (Å²) in [5.41, 5.74) is 1.25. The van der Waals surface area contributed by atoms with Crippen molar-refractivity contribution in [2.45, 2.75) is 58.3 Å². The number of carbonyl (C=O) groups is 2. The number of nitrogens with one attached hydrogen (secondary N) is 2. The predicted molar refractivity (Wildman–Crippen MR) is 111 cm³/mol. The summed E-state index contributed by atoms with van der Waals surface area (Å²) in [5.74, 6) is -0.0446. The minimum atomic E-state index is -0.0619. The van der Waals surface area contributed by atoms with Crippen LogP contribution in [-0.2, 0) is 0 Å². The molecule has 0 aromatic heterocycles. The van der Waals surface area contributed by atoms with E-state index < -0.39 is 0 Å². The molecule has 0 bridgehead atoms. The normalized spacial score (nSPS) is 10.7. The molecule has 152 valence electrons. The Balaban J connectivity index is 1.92. The van der Waals surface area contributed by atoms with Gasteiger partial charge in [0.1, 0.15) is 0 Å². The molecule has 0 saturated carbocycles. The second-order valence-corrected chi connectivity index (χ2v) is 7.19. The number of ketones is 1. The molecule has 0 aliphatic rings. The number of nitrogens with two attached hydrogens (primary N) is 1. The lowest BCUT2D eigenvalue weighted by molar-refractivity contribution is -0.655. The first-order valence-corrected chi connectivity index (χ1v) is 10.5. The van der Waals surface area contributed by atoms with Crippen LogP contribution < -0.4 is 16.0 Å². The Morgan fingerprint density at radius 3 is 1.85 bits per heavy atom. The Bertz CT molecular complexity index is 529. The van der Waals surface area contributed by atoms with Gasteiger partial charge in [-0.25, -0.2) is 0 Å². The number of amides is 1. The largest absolute Gasteiger partial charge is 0.352 e. The molecule has 4 N–H and O–H groups in total. The molecule has 1 rings (SSSR count). The van der Waals surface area contributed by atoms with Crippen molar-refractivity contribution in [3.8, 4) is 0 Å². The van der Waals surface area contributed by atoms with E-state index in [0.717, 1.165) is 19.4 Å². The van der Waals surface area contributed by atoms with E-state index in [1.165, 1.54) is 58.5 Å². The van der Waals surface area contributed by atoms with Crippen LogP contribution in [0.25, 0.3) is 0 Å². The summed E-state index contributed by atoms with van der Waals surface area (Å²) in [7, 11) is 2.01. The van der Waals surface area contributed by atoms with E-state index in [1.54, 1.807) is 24.3 Å². The summed E-state index contributed by atoms with van der Waals surface area (Å²) in [6, 6.07) is 6.83. The van der Waals surface area contributed by atoms with E-state index in [1.807, 2.05) is 7.05 Å². The monoisotopic (exact) mass is 376 g/mol. The van der Waals surface area contributed by atoms with Gasteiger partial charge in [-0.15, -0.1) is 0 Å². The van der Waals surface area contributed by atoms with Gasteiger partial charge >= 0.3 is 0 Å². The Morgan fingerprint density at radius 1 is 0.778 bits per heavy atom. The smallest absolute Gasteiger partial charge is 0.251 e. The lowest BCUT2D eigenvalue weighted by atomic mass is 10.1. The third kappa shape index (κ3) is 11.6. The number of hydrogen-bond donors (Lipinski definition) is 3. The standard InChI is InChI=1S/C22H37N3O2/c1-19(26)20-11-13-21(14-12-20)22(27)25-18-10-6-5-9-17-24-16-8-4-3-7-15-23-2/h11-14,23-24H,3-10,15-18H2,1-2H3,(H,25,27)/p+1. The highest BCUT2D eigenvalue weighted by atomic mass is 16.1. The molecule has 0 fully saturated rings. The van der Waals surface area contributed by atoms with Crippen molar-refractivity contribution in [1.82, 2.24) is 10.6 Å². The number of benzene rings is 1. The SMILES string of the molecule is CNCCCCCC[NH2+]CCCCCCNC(=O)c1ccc(C(C)=O)cc1. The van der Waals surface area contributed by atoms with Gasteiger partial charge in [0.05, 0.1) is 13.1 Å². The van der Waals surface area contributed by atoms with Gasteiger partial charge in [0.2, 0.25) is 0 Å². The maximum absolute atomic E-state index is 12.0. The van der Waals surface area contributed by atoms with Crippen LogP contribution in [-0.4, -0.2) is 44.9 Å². The molecular weight excluding hydrogens is 338 g/mol. The predicted octanol–water partition coefficient (Wildman–Crippen LogP) is 2.52. The van der Waals surface area contributed by atoms with E-state index in [2.05, 4.69) is 16.0 Å². The van der Waals surface area contributed by atoms with Gasteiger partial charge in [-0.3, -0.25) is 9.59 Å². The average Bonchev–Trinajstić information content (AvgIpc) is 2.68. The first-order valence-electron chi connectivity index (χ1n) is 10.5. The number of rotatable bonds is 16. The van der Waals surface area contributed by atoms with Crippen LogP contribution >= 0.6 is 0 Å². The summed E-state index contributed by atoms with van der Waals surface area (Å²) in [6.07, 6.45) is 9.93. The number of carbonyl (C=O) groups excluding carboxylic acids is 2. The Kier molecular flexibility index (Phi) is 13.3. The van der Waals surface area contributed by atoms with E-state index in [0.29, 0.717) is 17.7 Å². The maximum Gasteiger partial charge on any atom is 0.251 e. The van der Waals surface area contributed by atoms with Crippen molar-refractivity contribution >= 4 is 11.7 Å². The molecule has 1 aromatic rings. The Morgan fingerprint density at radius 2 is 1.30 bits per heavy atom. The number of unbranched alkanes of at least 4 members (excludes halogenated alkanes) is 6. The first-order chi connectivity index (χ1) is 13.1. The lowest BCUT2D eigenvalue weighted by Crippen LogP contribution is -2.84. The molecule has 27 heavy (non-hydrogen) atoms. The van der Waals surface area contributed by atoms with Crippen LogP contribution in [0, 0.1) is 0 Å². The topological polar surface area (TPSA) is 74.8 Å². The summed E-state index contributed by atoms with van der Waals surface area (Å²) in [4.78, 5) is 23.3. The van der Waals surface area contributed by atoms with Gasteiger partial charge in [0, 0.05) is 17.7 Å². The van der Waals surface area contributed by atoms with Crippen LogP contribution in [0.4, 0.5) is 0 Å². The molecule has 0 aliphatic carbocycles. The van der Waals surface area contributed by atoms with Crippen molar-refractivity contribution in [3.05, 3.63) is 35.4 Å². The maximum atomic E-state index is 12.0. The fraction of sp³-hybridized carbons (Fsp3) is 0.636. The summed E-state index contributed by atoms with van der Waals surface area (Å²) in [6.45, 7) is 5.84. The van der Waals surface area contributed by atoms with E-state index in [-0.39, 0.29) is 11.7 Å². The fourth-order valence-electron chi connectivity index (χ4n) is 3.02. The van der Waals surface area contributed by atoms with Crippen molar-refractivity contribution in [2.75, 3.05) is 33.2 Å². The average molecular weight is 377 g/mol. The molecule has 5 heteroatoms. The van der Waals surface area contributed by atoms with Gasteiger partial charge < -0.3 is 16.0 Å². The van der Waals surface area contributed by atoms with Crippen LogP contribution in [0.1, 0.15) is 79.0 Å². The highest BCUT2D eigenvalue weighted by molar-refractivity contribution is 5.97. The molecule has 0 spiro atoms. The van der Waals surface area contributed by atoms with Crippen molar-refractivity contribution < 1.29 is 14.9 Å². The quantitative estimate of drug-likeness (QED) is 0.307. The molecule has 0 saturated heterocycles. The zero-order chi connectivity index (χ0) is 19.7. The van der Waals surface area contributed by atoms with E-state index in [4.69, 9.17) is 0 Å². The highest BCUT2D eigenvalue weighted by Gasteiger charge is 2.06. The van der Waals surface area contributed by atoms with Crippen molar-refractivity contribution in [1.29, 1.82) is 0 Å². The van der Waals surface area contributed by atoms with Gasteiger partial charge in [-0.1, -0.05) is 25.0 Å². The molecule has 0 heterocycles. The molecule has 0 unspecified atom stereocenters. The molecule has 1 aromatic carbocycles. The van der Waals surface area contributed by atoms with Crippen molar-refractivity contribution in [2.24, 2.45) is 0 Å². The number of quaternary nitrogens is 1. The molecule has 0 aliphatic heterocycles. The molecule has 5 nitrogen and oxygen atoms in total.